The molecule has 2 aromatic carbocycles. The molecule has 44 heavy (non-hydrogen) atoms. The number of hydrogen-bond acceptors (Lipinski definition) is 5. The van der Waals surface area contributed by atoms with Crippen LogP contribution in [0, 0.1) is 17.8 Å². The van der Waals surface area contributed by atoms with Crippen molar-refractivity contribution < 1.29 is 24.2 Å². The van der Waals surface area contributed by atoms with E-state index in [0.29, 0.717) is 36.6 Å². The number of hydrogen-bond donors (Lipinski definition) is 1. The molecule has 232 valence electrons. The number of halogens is 1. The fourth-order valence-electron chi connectivity index (χ4n) is 7.75. The quantitative estimate of drug-likeness (QED) is 0.437. The molecule has 1 N–H and O–H groups in total. The van der Waals surface area contributed by atoms with E-state index in [4.69, 9.17) is 16.3 Å². The Morgan fingerprint density at radius 3 is 2.32 bits per heavy atom. The second-order valence-corrected chi connectivity index (χ2v) is 12.8. The topological polar surface area (TPSA) is 90.4 Å². The Bertz CT molecular complexity index is 1500. The predicted molar refractivity (Wildman–Crippen MR) is 169 cm³/mol. The van der Waals surface area contributed by atoms with Gasteiger partial charge in [0.1, 0.15) is 11.6 Å². The number of para-hydroxylation sites is 1. The average molecular weight is 618 g/mol. The molecule has 9 heteroatoms. The second-order valence-electron chi connectivity index (χ2n) is 12.4. The van der Waals surface area contributed by atoms with Gasteiger partial charge in [-0.05, 0) is 30.0 Å². The highest BCUT2D eigenvalue weighted by molar-refractivity contribution is 6.34. The summed E-state index contributed by atoms with van der Waals surface area (Å²) in [6.45, 7) is 6.60. The number of amides is 3. The third kappa shape index (κ3) is 4.61. The molecule has 1 unspecified atom stereocenters. The lowest BCUT2D eigenvalue weighted by molar-refractivity contribution is -0.154. The van der Waals surface area contributed by atoms with Crippen LogP contribution in [0.15, 0.2) is 78.9 Å². The third-order valence-corrected chi connectivity index (χ3v) is 10.5. The average Bonchev–Trinajstić information content (AvgIpc) is 3.33. The molecular weight excluding hydrogens is 578 g/mol. The monoisotopic (exact) mass is 617 g/mol. The Morgan fingerprint density at radius 2 is 1.64 bits per heavy atom. The molecule has 0 radical (unpaired) electrons. The number of carbonyl (C=O) groups is 3. The summed E-state index contributed by atoms with van der Waals surface area (Å²) >= 11 is 6.59. The molecule has 1 spiro atoms. The summed E-state index contributed by atoms with van der Waals surface area (Å²) in [5.41, 5.74) is -0.978. The lowest BCUT2D eigenvalue weighted by Crippen LogP contribution is -2.60. The van der Waals surface area contributed by atoms with E-state index in [1.54, 1.807) is 32.9 Å². The minimum atomic E-state index is -1.42. The maximum absolute atomic E-state index is 14.9. The third-order valence-electron chi connectivity index (χ3n) is 10.2. The zero-order valence-corrected chi connectivity index (χ0v) is 26.2. The number of fused-ring (bicyclic) bond motifs is 2. The molecule has 4 heterocycles. The number of anilines is 1. The first kappa shape index (κ1) is 30.6. The zero-order valence-electron chi connectivity index (χ0n) is 25.4. The largest absolute Gasteiger partial charge is 0.394 e. The lowest BCUT2D eigenvalue weighted by Gasteiger charge is -2.42. The number of rotatable bonds is 8. The van der Waals surface area contributed by atoms with Crippen LogP contribution in [0.5, 0.6) is 0 Å². The van der Waals surface area contributed by atoms with Gasteiger partial charge < -0.3 is 24.5 Å². The molecular formula is C35H40ClN3O5. The number of ether oxygens (including phenoxy) is 1. The normalized spacial score (nSPS) is 31.0. The molecule has 4 aliphatic heterocycles. The van der Waals surface area contributed by atoms with Crippen molar-refractivity contribution in [3.8, 4) is 0 Å². The number of aliphatic hydroxyl groups excluding tert-OH is 1. The Balaban J connectivity index is 1.50. The molecule has 2 aromatic rings. The molecule has 0 saturated carbocycles. The summed E-state index contributed by atoms with van der Waals surface area (Å²) in [7, 11) is 0. The Labute approximate surface area is 263 Å². The van der Waals surface area contributed by atoms with Gasteiger partial charge >= 0.3 is 0 Å². The van der Waals surface area contributed by atoms with Gasteiger partial charge in [0.25, 0.3) is 5.91 Å². The van der Waals surface area contributed by atoms with Crippen LogP contribution in [0.1, 0.15) is 39.2 Å². The summed E-state index contributed by atoms with van der Waals surface area (Å²) in [6, 6.07) is 15.2. The smallest absolute Gasteiger partial charge is 0.253 e. The maximum Gasteiger partial charge on any atom is 0.253 e. The fourth-order valence-corrected chi connectivity index (χ4v) is 7.99. The standard InChI is InChI=1S/C35H40ClN3O5/c1-4-23(3)27(22-40)39-30-33(43)38(26-16-10-9-15-25(26)36)20-12-18-35(30)29(32(39)42)28-31(41)37(21-24-13-7-6-8-14-24)19-11-17-34(28,5-2)44-35/h6-18,23,27-30,40H,4-5,19-22H2,1-3H3/t23-,27-,28-,29-,30?,34+,35-/m0/s1. The highest BCUT2D eigenvalue weighted by Crippen LogP contribution is 2.59. The first-order valence-electron chi connectivity index (χ1n) is 15.6. The number of aliphatic hydroxyl groups is 1. The molecule has 4 aliphatic rings. The van der Waals surface area contributed by atoms with Gasteiger partial charge in [-0.1, -0.05) is 106 Å². The molecule has 2 saturated heterocycles. The molecule has 3 amide bonds. The van der Waals surface area contributed by atoms with Crippen LogP contribution < -0.4 is 4.90 Å². The van der Waals surface area contributed by atoms with Gasteiger partial charge in [-0.25, -0.2) is 0 Å². The van der Waals surface area contributed by atoms with Crippen LogP contribution in [-0.4, -0.2) is 75.6 Å². The van der Waals surface area contributed by atoms with E-state index in [1.807, 2.05) is 81.5 Å². The van der Waals surface area contributed by atoms with Crippen molar-refractivity contribution in [1.82, 2.24) is 9.80 Å². The van der Waals surface area contributed by atoms with Crippen molar-refractivity contribution >= 4 is 35.0 Å². The maximum atomic E-state index is 14.9. The van der Waals surface area contributed by atoms with Crippen LogP contribution in [-0.2, 0) is 25.7 Å². The van der Waals surface area contributed by atoms with E-state index in [0.717, 1.165) is 5.56 Å². The molecule has 7 atom stereocenters. The van der Waals surface area contributed by atoms with Crippen LogP contribution in [0.4, 0.5) is 5.69 Å². The van der Waals surface area contributed by atoms with Crippen molar-refractivity contribution in [2.45, 2.75) is 63.4 Å². The Morgan fingerprint density at radius 1 is 0.932 bits per heavy atom. The number of likely N-dealkylation sites (tertiary alicyclic amines) is 1. The van der Waals surface area contributed by atoms with Gasteiger partial charge in [-0.15, -0.1) is 0 Å². The van der Waals surface area contributed by atoms with Crippen molar-refractivity contribution in [3.63, 3.8) is 0 Å². The summed E-state index contributed by atoms with van der Waals surface area (Å²) in [5, 5.41) is 11.1. The van der Waals surface area contributed by atoms with E-state index in [2.05, 4.69) is 0 Å². The van der Waals surface area contributed by atoms with Crippen LogP contribution in [0.25, 0.3) is 0 Å². The van der Waals surface area contributed by atoms with E-state index in [1.165, 1.54) is 0 Å². The number of carbonyl (C=O) groups excluding carboxylic acids is 3. The van der Waals surface area contributed by atoms with E-state index in [9.17, 15) is 19.5 Å². The van der Waals surface area contributed by atoms with E-state index < -0.39 is 35.1 Å². The predicted octanol–water partition coefficient (Wildman–Crippen LogP) is 4.61. The van der Waals surface area contributed by atoms with Gasteiger partial charge in [0.15, 0.2) is 0 Å². The Hall–Kier alpha value is -3.46. The lowest BCUT2D eigenvalue weighted by atomic mass is 9.73. The SMILES string of the molecule is CC[C@H](C)[C@H](CO)N1C(=O)[C@@H]2[C@H]3C(=O)N(Cc4ccccc4)CC=C[C@@]3(CC)O[C@@]23C=CCN(c2ccccc2Cl)C(=O)C13. The van der Waals surface area contributed by atoms with Gasteiger partial charge in [-0.2, -0.15) is 0 Å². The fraction of sp³-hybridized carbons (Fsp3) is 0.457. The van der Waals surface area contributed by atoms with Crippen LogP contribution >= 0.6 is 11.6 Å². The van der Waals surface area contributed by atoms with Crippen molar-refractivity contribution in [2.75, 3.05) is 24.6 Å². The summed E-state index contributed by atoms with van der Waals surface area (Å²) in [4.78, 5) is 49.2. The highest BCUT2D eigenvalue weighted by Gasteiger charge is 2.76. The van der Waals surface area contributed by atoms with Gasteiger partial charge in [0, 0.05) is 19.6 Å². The summed E-state index contributed by atoms with van der Waals surface area (Å²) in [6.07, 6.45) is 8.72. The van der Waals surface area contributed by atoms with E-state index >= 15 is 0 Å². The first-order chi connectivity index (χ1) is 21.2. The summed E-state index contributed by atoms with van der Waals surface area (Å²) in [5.74, 6) is -2.77. The zero-order chi connectivity index (χ0) is 31.2. The Kier molecular flexibility index (Phi) is 8.20. The minimum Gasteiger partial charge on any atom is -0.394 e. The van der Waals surface area contributed by atoms with Crippen LogP contribution in [0.2, 0.25) is 5.02 Å². The van der Waals surface area contributed by atoms with Crippen molar-refractivity contribution in [3.05, 3.63) is 89.5 Å². The molecule has 2 fully saturated rings. The minimum absolute atomic E-state index is 0.108. The second kappa shape index (κ2) is 11.8. The number of nitrogens with zero attached hydrogens (tertiary/aromatic N) is 3. The van der Waals surface area contributed by atoms with Gasteiger partial charge in [0.2, 0.25) is 11.8 Å². The summed E-state index contributed by atoms with van der Waals surface area (Å²) < 4.78 is 7.09. The van der Waals surface area contributed by atoms with Crippen molar-refractivity contribution in [2.24, 2.45) is 17.8 Å². The highest BCUT2D eigenvalue weighted by atomic mass is 35.5. The first-order valence-corrected chi connectivity index (χ1v) is 16.0. The molecule has 6 rings (SSSR count). The number of benzene rings is 2. The van der Waals surface area contributed by atoms with Gasteiger partial charge in [-0.3, -0.25) is 14.4 Å². The molecule has 0 bridgehead atoms. The van der Waals surface area contributed by atoms with E-state index in [-0.39, 0.29) is 36.8 Å². The molecule has 0 aromatic heterocycles. The van der Waals surface area contributed by atoms with Gasteiger partial charge in [0.05, 0.1) is 40.8 Å². The molecule has 8 nitrogen and oxygen atoms in total. The van der Waals surface area contributed by atoms with Crippen molar-refractivity contribution in [1.29, 1.82) is 0 Å². The molecule has 0 aliphatic carbocycles. The van der Waals surface area contributed by atoms with Crippen LogP contribution in [0.3, 0.4) is 0 Å².